The molecular weight excluding hydrogens is 257 g/mol. The highest BCUT2D eigenvalue weighted by Crippen LogP contribution is 2.24. The van der Waals surface area contributed by atoms with Gasteiger partial charge in [0.15, 0.2) is 0 Å². The molecule has 0 heterocycles. The van der Waals surface area contributed by atoms with Crippen molar-refractivity contribution in [3.8, 4) is 0 Å². The first-order chi connectivity index (χ1) is 9.58. The Morgan fingerprint density at radius 2 is 1.90 bits per heavy atom. The Morgan fingerprint density at radius 1 is 1.20 bits per heavy atom. The summed E-state index contributed by atoms with van der Waals surface area (Å²) in [7, 11) is 0. The van der Waals surface area contributed by atoms with Crippen molar-refractivity contribution in [2.45, 2.75) is 19.4 Å². The number of nitrogens with one attached hydrogen (secondary N) is 1. The summed E-state index contributed by atoms with van der Waals surface area (Å²) in [5.41, 5.74) is 1.75. The van der Waals surface area contributed by atoms with E-state index in [1.807, 2.05) is 37.3 Å². The predicted molar refractivity (Wildman–Crippen MR) is 76.2 cm³/mol. The number of aliphatic carboxylic acids is 1. The smallest absolute Gasteiger partial charge is 0.308 e. The van der Waals surface area contributed by atoms with E-state index in [0.717, 1.165) is 5.56 Å². The zero-order valence-corrected chi connectivity index (χ0v) is 11.1. The van der Waals surface area contributed by atoms with Gasteiger partial charge in [0.25, 0.3) is 0 Å². The summed E-state index contributed by atoms with van der Waals surface area (Å²) < 4.78 is 13.8. The van der Waals surface area contributed by atoms with Crippen LogP contribution < -0.4 is 5.32 Å². The number of carboxylic acid groups (broad SMARTS) is 1. The van der Waals surface area contributed by atoms with Gasteiger partial charge < -0.3 is 10.4 Å². The van der Waals surface area contributed by atoms with Crippen molar-refractivity contribution < 1.29 is 14.3 Å². The number of hydrogen-bond donors (Lipinski definition) is 2. The monoisotopic (exact) mass is 273 g/mol. The number of benzene rings is 2. The van der Waals surface area contributed by atoms with Gasteiger partial charge in [0.05, 0.1) is 6.42 Å². The summed E-state index contributed by atoms with van der Waals surface area (Å²) in [6.45, 7) is 1.95. The van der Waals surface area contributed by atoms with Crippen molar-refractivity contribution in [2.24, 2.45) is 0 Å². The maximum Gasteiger partial charge on any atom is 0.308 e. The largest absolute Gasteiger partial charge is 0.481 e. The summed E-state index contributed by atoms with van der Waals surface area (Å²) in [4.78, 5) is 10.8. The number of hydrogen-bond acceptors (Lipinski definition) is 2. The third kappa shape index (κ3) is 3.35. The highest BCUT2D eigenvalue weighted by Gasteiger charge is 2.14. The molecule has 3 nitrogen and oxygen atoms in total. The molecule has 20 heavy (non-hydrogen) atoms. The fourth-order valence-corrected chi connectivity index (χ4v) is 2.08. The van der Waals surface area contributed by atoms with Gasteiger partial charge in [-0.25, -0.2) is 4.39 Å². The highest BCUT2D eigenvalue weighted by atomic mass is 19.1. The van der Waals surface area contributed by atoms with Gasteiger partial charge in [-0.2, -0.15) is 0 Å². The Kier molecular flexibility index (Phi) is 4.35. The van der Waals surface area contributed by atoms with Gasteiger partial charge in [-0.05, 0) is 24.6 Å². The SMILES string of the molecule is CC(Nc1cccc(F)c1CC(=O)O)c1ccccc1. The van der Waals surface area contributed by atoms with Crippen LogP contribution in [0.4, 0.5) is 10.1 Å². The second-order valence-corrected chi connectivity index (χ2v) is 4.61. The van der Waals surface area contributed by atoms with E-state index < -0.39 is 11.8 Å². The van der Waals surface area contributed by atoms with Crippen molar-refractivity contribution >= 4 is 11.7 Å². The summed E-state index contributed by atoms with van der Waals surface area (Å²) >= 11 is 0. The van der Waals surface area contributed by atoms with Gasteiger partial charge in [0, 0.05) is 17.3 Å². The summed E-state index contributed by atoms with van der Waals surface area (Å²) in [5, 5.41) is 12.0. The molecule has 0 saturated carbocycles. The van der Waals surface area contributed by atoms with Crippen LogP contribution in [-0.4, -0.2) is 11.1 Å². The van der Waals surface area contributed by atoms with Crippen molar-refractivity contribution in [2.75, 3.05) is 5.32 Å². The summed E-state index contributed by atoms with van der Waals surface area (Å²) in [5.74, 6) is -1.55. The average molecular weight is 273 g/mol. The number of carbonyl (C=O) groups is 1. The Labute approximate surface area is 117 Å². The molecule has 0 aliphatic heterocycles. The van der Waals surface area contributed by atoms with Crippen LogP contribution in [0.25, 0.3) is 0 Å². The van der Waals surface area contributed by atoms with E-state index in [-0.39, 0.29) is 18.0 Å². The maximum atomic E-state index is 13.8. The number of halogens is 1. The van der Waals surface area contributed by atoms with E-state index in [4.69, 9.17) is 5.11 Å². The lowest BCUT2D eigenvalue weighted by Gasteiger charge is -2.18. The van der Waals surface area contributed by atoms with Crippen molar-refractivity contribution in [1.29, 1.82) is 0 Å². The molecule has 0 spiro atoms. The molecule has 0 fully saturated rings. The molecule has 0 bridgehead atoms. The molecule has 2 aromatic carbocycles. The first-order valence-corrected chi connectivity index (χ1v) is 6.38. The molecule has 1 unspecified atom stereocenters. The number of carboxylic acids is 1. The van der Waals surface area contributed by atoms with Gasteiger partial charge >= 0.3 is 5.97 Å². The van der Waals surface area contributed by atoms with Crippen LogP contribution in [0.15, 0.2) is 48.5 Å². The van der Waals surface area contributed by atoms with Crippen LogP contribution >= 0.6 is 0 Å². The third-order valence-electron chi connectivity index (χ3n) is 3.12. The lowest BCUT2D eigenvalue weighted by Crippen LogP contribution is -2.11. The molecule has 2 N–H and O–H groups in total. The number of anilines is 1. The molecule has 2 rings (SSSR count). The third-order valence-corrected chi connectivity index (χ3v) is 3.12. The van der Waals surface area contributed by atoms with E-state index in [0.29, 0.717) is 5.69 Å². The predicted octanol–water partition coefficient (Wildman–Crippen LogP) is 3.63. The van der Waals surface area contributed by atoms with Gasteiger partial charge in [-0.15, -0.1) is 0 Å². The molecule has 1 atom stereocenters. The molecule has 0 radical (unpaired) electrons. The van der Waals surface area contributed by atoms with Crippen molar-refractivity contribution in [3.05, 3.63) is 65.5 Å². The Bertz CT molecular complexity index is 599. The minimum absolute atomic E-state index is 0.0365. The fraction of sp³-hybridized carbons (Fsp3) is 0.188. The summed E-state index contributed by atoms with van der Waals surface area (Å²) in [6.07, 6.45) is -0.337. The average Bonchev–Trinajstić information content (AvgIpc) is 2.43. The zero-order chi connectivity index (χ0) is 14.5. The van der Waals surface area contributed by atoms with E-state index in [1.165, 1.54) is 6.07 Å². The number of rotatable bonds is 5. The maximum absolute atomic E-state index is 13.8. The Hall–Kier alpha value is -2.36. The normalized spacial score (nSPS) is 11.9. The van der Waals surface area contributed by atoms with E-state index in [2.05, 4.69) is 5.32 Å². The molecule has 104 valence electrons. The van der Waals surface area contributed by atoms with E-state index in [1.54, 1.807) is 12.1 Å². The van der Waals surface area contributed by atoms with Crippen LogP contribution in [0.2, 0.25) is 0 Å². The van der Waals surface area contributed by atoms with Crippen LogP contribution in [0.1, 0.15) is 24.1 Å². The Morgan fingerprint density at radius 3 is 2.55 bits per heavy atom. The van der Waals surface area contributed by atoms with Crippen LogP contribution in [0, 0.1) is 5.82 Å². The minimum Gasteiger partial charge on any atom is -0.481 e. The quantitative estimate of drug-likeness (QED) is 0.874. The standard InChI is InChI=1S/C16H16FNO2/c1-11(12-6-3-2-4-7-12)18-15-9-5-8-14(17)13(15)10-16(19)20/h2-9,11,18H,10H2,1H3,(H,19,20). The highest BCUT2D eigenvalue weighted by molar-refractivity contribution is 5.73. The lowest BCUT2D eigenvalue weighted by molar-refractivity contribution is -0.136. The van der Waals surface area contributed by atoms with E-state index in [9.17, 15) is 9.18 Å². The molecule has 0 aliphatic rings. The Balaban J connectivity index is 2.25. The van der Waals surface area contributed by atoms with Gasteiger partial charge in [0.2, 0.25) is 0 Å². The van der Waals surface area contributed by atoms with Gasteiger partial charge in [0.1, 0.15) is 5.82 Å². The molecule has 0 amide bonds. The first-order valence-electron chi connectivity index (χ1n) is 6.38. The van der Waals surface area contributed by atoms with Crippen molar-refractivity contribution in [1.82, 2.24) is 0 Å². The molecule has 0 aromatic heterocycles. The second kappa shape index (κ2) is 6.19. The molecule has 0 aliphatic carbocycles. The summed E-state index contributed by atoms with van der Waals surface area (Å²) in [6, 6.07) is 14.2. The minimum atomic E-state index is -1.05. The second-order valence-electron chi connectivity index (χ2n) is 4.61. The molecular formula is C16H16FNO2. The fourth-order valence-electron chi connectivity index (χ4n) is 2.08. The molecule has 2 aromatic rings. The molecule has 4 heteroatoms. The first kappa shape index (κ1) is 14.1. The van der Waals surface area contributed by atoms with Crippen LogP contribution in [0.5, 0.6) is 0 Å². The topological polar surface area (TPSA) is 49.3 Å². The van der Waals surface area contributed by atoms with Crippen LogP contribution in [0.3, 0.4) is 0 Å². The molecule has 0 saturated heterocycles. The lowest BCUT2D eigenvalue weighted by atomic mass is 10.1. The van der Waals surface area contributed by atoms with Crippen LogP contribution in [-0.2, 0) is 11.2 Å². The van der Waals surface area contributed by atoms with Gasteiger partial charge in [-0.3, -0.25) is 4.79 Å². The zero-order valence-electron chi connectivity index (χ0n) is 11.1. The van der Waals surface area contributed by atoms with Gasteiger partial charge in [-0.1, -0.05) is 36.4 Å². The van der Waals surface area contributed by atoms with Crippen molar-refractivity contribution in [3.63, 3.8) is 0 Å². The van der Waals surface area contributed by atoms with E-state index >= 15 is 0 Å².